The highest BCUT2D eigenvalue weighted by Gasteiger charge is 2.60. The van der Waals surface area contributed by atoms with Crippen LogP contribution in [0.4, 0.5) is 0 Å². The highest BCUT2D eigenvalue weighted by Crippen LogP contribution is 2.55. The van der Waals surface area contributed by atoms with Crippen LogP contribution in [0.1, 0.15) is 23.6 Å². The molecule has 0 bridgehead atoms. The number of benzene rings is 1. The van der Waals surface area contributed by atoms with Crippen molar-refractivity contribution in [3.8, 4) is 0 Å². The molecule has 0 aromatic heterocycles. The molecule has 0 amide bonds. The summed E-state index contributed by atoms with van der Waals surface area (Å²) in [6.45, 7) is 1.20. The number of hydrogen-bond acceptors (Lipinski definition) is 4. The molecule has 1 N–H and O–H groups in total. The first kappa shape index (κ1) is 9.13. The van der Waals surface area contributed by atoms with E-state index >= 15 is 0 Å². The van der Waals surface area contributed by atoms with Crippen LogP contribution in [-0.4, -0.2) is 35.4 Å². The molecule has 3 aliphatic rings. The average Bonchev–Trinajstić information content (AvgIpc) is 2.96. The second-order valence-corrected chi connectivity index (χ2v) is 4.75. The van der Waals surface area contributed by atoms with Crippen LogP contribution in [0.25, 0.3) is 0 Å². The molecule has 4 rings (SSSR count). The number of hydrogen-bond donors (Lipinski definition) is 1. The van der Waals surface area contributed by atoms with Crippen molar-refractivity contribution in [2.24, 2.45) is 0 Å². The van der Waals surface area contributed by atoms with Crippen molar-refractivity contribution in [1.82, 2.24) is 4.90 Å². The van der Waals surface area contributed by atoms with E-state index in [1.807, 2.05) is 12.1 Å². The zero-order valence-electron chi connectivity index (χ0n) is 8.80. The Morgan fingerprint density at radius 2 is 1.75 bits per heavy atom. The van der Waals surface area contributed by atoms with Crippen LogP contribution in [0.2, 0.25) is 0 Å². The quantitative estimate of drug-likeness (QED) is 0.758. The molecule has 0 spiro atoms. The average molecular weight is 219 g/mol. The van der Waals surface area contributed by atoms with Gasteiger partial charge in [0.25, 0.3) is 0 Å². The number of rotatable bonds is 1. The normalized spacial score (nSPS) is 40.1. The molecule has 3 heterocycles. The van der Waals surface area contributed by atoms with Gasteiger partial charge in [-0.05, 0) is 0 Å². The van der Waals surface area contributed by atoms with E-state index in [1.165, 1.54) is 11.1 Å². The summed E-state index contributed by atoms with van der Waals surface area (Å²) in [5.41, 5.74) is 2.04. The summed E-state index contributed by atoms with van der Waals surface area (Å²) in [5, 5.41) is 9.57. The topological polar surface area (TPSA) is 41.9 Å². The molecule has 4 heteroatoms. The molecule has 4 nitrogen and oxygen atoms in total. The second-order valence-electron chi connectivity index (χ2n) is 4.75. The lowest BCUT2D eigenvalue weighted by atomic mass is 10.0. The predicted octanol–water partition coefficient (Wildman–Crippen LogP) is 0.791. The molecular formula is C12H13NO3. The number of fused-ring (bicyclic) bond motifs is 3. The van der Waals surface area contributed by atoms with Crippen molar-refractivity contribution in [3.05, 3.63) is 35.4 Å². The Kier molecular flexibility index (Phi) is 1.62. The summed E-state index contributed by atoms with van der Waals surface area (Å²) in [6.07, 6.45) is -0.0632. The third-order valence-electron chi connectivity index (χ3n) is 3.90. The van der Waals surface area contributed by atoms with E-state index in [4.69, 9.17) is 9.47 Å². The number of aliphatic hydroxyl groups is 1. The summed E-state index contributed by atoms with van der Waals surface area (Å²) in [7, 11) is 0. The minimum absolute atomic E-state index is 0.0316. The van der Waals surface area contributed by atoms with Crippen molar-refractivity contribution in [3.63, 3.8) is 0 Å². The van der Waals surface area contributed by atoms with Gasteiger partial charge in [-0.2, -0.15) is 0 Å². The first-order valence-electron chi connectivity index (χ1n) is 5.57. The minimum Gasteiger partial charge on any atom is -0.394 e. The third kappa shape index (κ3) is 0.858. The Bertz CT molecular complexity index is 413. The minimum atomic E-state index is -0.325. The largest absolute Gasteiger partial charge is 0.394 e. The molecule has 2 saturated heterocycles. The van der Waals surface area contributed by atoms with Gasteiger partial charge in [0.2, 0.25) is 0 Å². The molecule has 2 atom stereocenters. The van der Waals surface area contributed by atoms with Crippen LogP contribution in [-0.2, 0) is 9.47 Å². The van der Waals surface area contributed by atoms with Crippen LogP contribution in [0.3, 0.4) is 0 Å². The fourth-order valence-electron chi connectivity index (χ4n) is 3.05. The van der Waals surface area contributed by atoms with Gasteiger partial charge in [0, 0.05) is 11.1 Å². The van der Waals surface area contributed by atoms with Gasteiger partial charge in [0.1, 0.15) is 12.5 Å². The maximum atomic E-state index is 9.57. The molecule has 3 aliphatic heterocycles. The third-order valence-corrected chi connectivity index (χ3v) is 3.90. The summed E-state index contributed by atoms with van der Waals surface area (Å²) < 4.78 is 11.6. The molecule has 84 valence electrons. The number of ether oxygens (including phenoxy) is 2. The fraction of sp³-hybridized carbons (Fsp3) is 0.500. The Morgan fingerprint density at radius 1 is 1.19 bits per heavy atom. The van der Waals surface area contributed by atoms with Crippen molar-refractivity contribution < 1.29 is 14.6 Å². The van der Waals surface area contributed by atoms with E-state index in [0.29, 0.717) is 13.2 Å². The standard InChI is InChI=1S/C12H13NO3/c14-5-12-6-15-10-8-3-1-2-4-9(8)11(13(10)12)16-7-12/h1-4,10-11,14H,5-7H2/t10-,11-/m0/s1. The highest BCUT2D eigenvalue weighted by molar-refractivity contribution is 5.38. The number of nitrogens with zero attached hydrogens (tertiary/aromatic N) is 1. The summed E-state index contributed by atoms with van der Waals surface area (Å²) >= 11 is 0. The van der Waals surface area contributed by atoms with Gasteiger partial charge in [0.15, 0.2) is 0 Å². The fourth-order valence-corrected chi connectivity index (χ4v) is 3.05. The van der Waals surface area contributed by atoms with E-state index in [1.54, 1.807) is 0 Å². The molecule has 16 heavy (non-hydrogen) atoms. The van der Waals surface area contributed by atoms with E-state index < -0.39 is 0 Å². The van der Waals surface area contributed by atoms with E-state index in [-0.39, 0.29) is 24.6 Å². The zero-order valence-corrected chi connectivity index (χ0v) is 8.80. The predicted molar refractivity (Wildman–Crippen MR) is 55.5 cm³/mol. The van der Waals surface area contributed by atoms with Crippen LogP contribution in [0, 0.1) is 0 Å². The Morgan fingerprint density at radius 3 is 2.25 bits per heavy atom. The zero-order chi connectivity index (χ0) is 10.8. The van der Waals surface area contributed by atoms with Crippen LogP contribution >= 0.6 is 0 Å². The van der Waals surface area contributed by atoms with Gasteiger partial charge in [-0.15, -0.1) is 0 Å². The summed E-state index contributed by atoms with van der Waals surface area (Å²) in [6, 6.07) is 8.19. The summed E-state index contributed by atoms with van der Waals surface area (Å²) in [4.78, 5) is 2.18. The van der Waals surface area contributed by atoms with Crippen LogP contribution in [0.15, 0.2) is 24.3 Å². The van der Waals surface area contributed by atoms with Gasteiger partial charge >= 0.3 is 0 Å². The molecule has 2 fully saturated rings. The van der Waals surface area contributed by atoms with Gasteiger partial charge in [-0.3, -0.25) is 0 Å². The van der Waals surface area contributed by atoms with Crippen molar-refractivity contribution in [2.45, 2.75) is 18.0 Å². The SMILES string of the molecule is OCC12CO[C@H]3c4ccccc4[C@H](OC1)N32. The monoisotopic (exact) mass is 219 g/mol. The van der Waals surface area contributed by atoms with Crippen LogP contribution < -0.4 is 0 Å². The lowest BCUT2D eigenvalue weighted by Crippen LogP contribution is -2.46. The van der Waals surface area contributed by atoms with Gasteiger partial charge in [-0.1, -0.05) is 24.3 Å². The second kappa shape index (κ2) is 2.84. The molecule has 1 aromatic carbocycles. The molecule has 1 aromatic rings. The molecular weight excluding hydrogens is 206 g/mol. The van der Waals surface area contributed by atoms with Crippen molar-refractivity contribution >= 4 is 0 Å². The lowest BCUT2D eigenvalue weighted by molar-refractivity contribution is -0.0394. The van der Waals surface area contributed by atoms with Crippen molar-refractivity contribution in [1.29, 1.82) is 0 Å². The van der Waals surface area contributed by atoms with Gasteiger partial charge in [0.05, 0.1) is 25.4 Å². The number of aliphatic hydroxyl groups excluding tert-OH is 1. The maximum Gasteiger partial charge on any atom is 0.140 e. The smallest absolute Gasteiger partial charge is 0.140 e. The molecule has 0 radical (unpaired) electrons. The first-order chi connectivity index (χ1) is 7.86. The highest BCUT2D eigenvalue weighted by atomic mass is 16.6. The van der Waals surface area contributed by atoms with E-state index in [2.05, 4.69) is 17.0 Å². The van der Waals surface area contributed by atoms with E-state index in [0.717, 1.165) is 0 Å². The first-order valence-corrected chi connectivity index (χ1v) is 5.57. The molecule has 0 aliphatic carbocycles. The molecule has 0 unspecified atom stereocenters. The lowest BCUT2D eigenvalue weighted by Gasteiger charge is -2.27. The Hall–Kier alpha value is -0.940. The van der Waals surface area contributed by atoms with Crippen LogP contribution in [0.5, 0.6) is 0 Å². The maximum absolute atomic E-state index is 9.57. The van der Waals surface area contributed by atoms with Gasteiger partial charge in [-0.25, -0.2) is 4.90 Å². The van der Waals surface area contributed by atoms with Gasteiger partial charge < -0.3 is 14.6 Å². The Labute approximate surface area is 93.4 Å². The van der Waals surface area contributed by atoms with E-state index in [9.17, 15) is 5.11 Å². The Balaban J connectivity index is 1.88. The van der Waals surface area contributed by atoms with Crippen molar-refractivity contribution in [2.75, 3.05) is 19.8 Å². The summed E-state index contributed by atoms with van der Waals surface area (Å²) in [5.74, 6) is 0. The molecule has 0 saturated carbocycles.